The molecule has 1 aromatic heterocycles. The summed E-state index contributed by atoms with van der Waals surface area (Å²) >= 11 is 3.41. The van der Waals surface area contributed by atoms with Crippen molar-refractivity contribution in [1.29, 1.82) is 5.26 Å². The zero-order valence-corrected chi connectivity index (χ0v) is 43.3. The molecule has 3 rings (SSSR count). The van der Waals surface area contributed by atoms with Crippen molar-refractivity contribution in [2.45, 2.75) is 141 Å². The number of nitrogens with two attached hydrogens (primary N) is 1. The van der Waals surface area contributed by atoms with Gasteiger partial charge in [0.05, 0.1) is 25.0 Å². The van der Waals surface area contributed by atoms with Gasteiger partial charge in [-0.25, -0.2) is 9.59 Å². The maximum Gasteiger partial charge on any atom is 0.391 e. The lowest BCUT2D eigenvalue weighted by Crippen LogP contribution is -2.60. The Morgan fingerprint density at radius 3 is 1.85 bits per heavy atom. The van der Waals surface area contributed by atoms with Crippen LogP contribution in [0.2, 0.25) is 0 Å². The van der Waals surface area contributed by atoms with E-state index in [-0.39, 0.29) is 37.5 Å². The largest absolute Gasteiger partial charge is 0.479 e. The van der Waals surface area contributed by atoms with Crippen LogP contribution < -0.4 is 16.4 Å². The van der Waals surface area contributed by atoms with Crippen LogP contribution in [0.3, 0.4) is 0 Å². The Labute approximate surface area is 427 Å². The first-order valence-corrected chi connectivity index (χ1v) is 24.1. The monoisotopic (exact) mass is 1100 g/mol. The molecule has 0 bridgehead atoms. The van der Waals surface area contributed by atoms with E-state index in [1.807, 2.05) is 28.8 Å². The second-order valence-corrected chi connectivity index (χ2v) is 19.7. The van der Waals surface area contributed by atoms with E-state index in [9.17, 15) is 65.0 Å². The molecule has 0 unspecified atom stereocenters. The Morgan fingerprint density at radius 2 is 1.30 bits per heavy atom. The van der Waals surface area contributed by atoms with Gasteiger partial charge in [-0.1, -0.05) is 74.0 Å². The Balaban J connectivity index is 2.16. The Morgan fingerprint density at radius 1 is 0.767 bits per heavy atom. The lowest BCUT2D eigenvalue weighted by Gasteiger charge is -2.35. The van der Waals surface area contributed by atoms with Gasteiger partial charge in [0.25, 0.3) is 0 Å². The van der Waals surface area contributed by atoms with Crippen molar-refractivity contribution >= 4 is 68.3 Å². The molecule has 17 nitrogen and oxygen atoms in total. The highest BCUT2D eigenvalue weighted by atomic mass is 79.9. The maximum absolute atomic E-state index is 14.9. The van der Waals surface area contributed by atoms with Crippen molar-refractivity contribution in [1.82, 2.24) is 29.9 Å². The summed E-state index contributed by atoms with van der Waals surface area (Å²) in [5.41, 5.74) is 7.60. The lowest BCUT2D eigenvalue weighted by atomic mass is 9.97. The summed E-state index contributed by atoms with van der Waals surface area (Å²) < 4.78 is 90.5. The van der Waals surface area contributed by atoms with E-state index in [4.69, 9.17) is 15.7 Å². The number of carboxylic acids is 1. The number of rotatable bonds is 25. The number of benzene rings is 2. The Kier molecular flexibility index (Phi) is 22.3. The van der Waals surface area contributed by atoms with Crippen LogP contribution in [0.1, 0.15) is 84.3 Å². The number of carboxylic acid groups (broad SMARTS) is 1. The van der Waals surface area contributed by atoms with E-state index < -0.39 is 115 Å². The number of hydrogen-bond donors (Lipinski definition) is 4. The molecule has 24 heteroatoms. The number of nitriles is 1. The number of carbonyl (C=O) groups is 7. The predicted molar refractivity (Wildman–Crippen MR) is 259 cm³/mol. The van der Waals surface area contributed by atoms with Gasteiger partial charge in [-0.2, -0.15) is 31.6 Å². The van der Waals surface area contributed by atoms with Crippen molar-refractivity contribution < 1.29 is 69.7 Å². The summed E-state index contributed by atoms with van der Waals surface area (Å²) in [6, 6.07) is 5.23. The topological polar surface area (TPSA) is 237 Å². The third-order valence-corrected chi connectivity index (χ3v) is 12.5. The molecule has 0 fully saturated rings. The maximum atomic E-state index is 14.9. The molecular formula is C49H63BrF6N8O9. The number of aromatic nitrogens is 1. The highest BCUT2D eigenvalue weighted by molar-refractivity contribution is 9.10. The molecule has 5 N–H and O–H groups in total. The van der Waals surface area contributed by atoms with E-state index in [0.29, 0.717) is 27.9 Å². The van der Waals surface area contributed by atoms with Crippen LogP contribution in [0.4, 0.5) is 26.3 Å². The van der Waals surface area contributed by atoms with Gasteiger partial charge in [0.15, 0.2) is 6.10 Å². The number of carbonyl (C=O) groups excluding carboxylic acids is 6. The number of amides is 5. The quantitative estimate of drug-likeness (QED) is 0.0560. The normalized spacial score (nSPS) is 14.8. The molecule has 0 radical (unpaired) electrons. The van der Waals surface area contributed by atoms with Crippen molar-refractivity contribution in [2.24, 2.45) is 17.6 Å². The molecule has 402 valence electrons. The first-order valence-electron chi connectivity index (χ1n) is 23.3. The summed E-state index contributed by atoms with van der Waals surface area (Å²) in [7, 11) is 3.21. The zero-order chi connectivity index (χ0) is 55.3. The third-order valence-electron chi connectivity index (χ3n) is 11.9. The van der Waals surface area contributed by atoms with E-state index in [1.54, 1.807) is 64.2 Å². The molecule has 3 aromatic rings. The number of aliphatic carboxylic acids is 1. The molecule has 0 aliphatic heterocycles. The van der Waals surface area contributed by atoms with Gasteiger partial charge in [-0.15, -0.1) is 0 Å². The predicted octanol–water partition coefficient (Wildman–Crippen LogP) is 6.09. The average Bonchev–Trinajstić information content (AvgIpc) is 3.64. The minimum atomic E-state index is -5.12. The third kappa shape index (κ3) is 18.3. The first-order chi connectivity index (χ1) is 33.8. The van der Waals surface area contributed by atoms with E-state index in [1.165, 1.54) is 7.05 Å². The van der Waals surface area contributed by atoms with Crippen LogP contribution in [0, 0.1) is 23.2 Å². The minimum Gasteiger partial charge on any atom is -0.479 e. The van der Waals surface area contributed by atoms with Crippen molar-refractivity contribution in [3.05, 3.63) is 70.3 Å². The summed E-state index contributed by atoms with van der Waals surface area (Å²) in [5.74, 6) is -9.44. The number of nitrogens with zero attached hydrogens (tertiary/aromatic N) is 5. The molecule has 0 aliphatic rings. The van der Waals surface area contributed by atoms with Gasteiger partial charge in [-0.3, -0.25) is 24.0 Å². The number of esters is 1. The summed E-state index contributed by atoms with van der Waals surface area (Å²) in [5, 5.41) is 23.7. The fraction of sp³-hybridized carbons (Fsp3) is 0.551. The molecule has 0 aliphatic carbocycles. The van der Waals surface area contributed by atoms with Crippen LogP contribution in [0.25, 0.3) is 10.9 Å². The van der Waals surface area contributed by atoms with Crippen molar-refractivity contribution in [3.63, 3.8) is 0 Å². The lowest BCUT2D eigenvalue weighted by molar-refractivity contribution is -0.170. The van der Waals surface area contributed by atoms with E-state index in [0.717, 1.165) is 40.9 Å². The second-order valence-electron chi connectivity index (χ2n) is 18.8. The van der Waals surface area contributed by atoms with Crippen LogP contribution in [-0.2, 0) is 51.3 Å². The van der Waals surface area contributed by atoms with Gasteiger partial charge in [0, 0.05) is 68.5 Å². The van der Waals surface area contributed by atoms with Crippen molar-refractivity contribution in [2.75, 3.05) is 21.1 Å². The molecule has 0 saturated carbocycles. The Bertz CT molecular complexity index is 2460. The number of para-hydroxylation sites is 1. The van der Waals surface area contributed by atoms with Gasteiger partial charge < -0.3 is 45.5 Å². The summed E-state index contributed by atoms with van der Waals surface area (Å²) in [4.78, 5) is 97.9. The zero-order valence-electron chi connectivity index (χ0n) is 41.7. The number of ether oxygens (including phenoxy) is 1. The van der Waals surface area contributed by atoms with Crippen LogP contribution in [-0.4, -0.2) is 142 Å². The smallest absolute Gasteiger partial charge is 0.391 e. The molecule has 73 heavy (non-hydrogen) atoms. The summed E-state index contributed by atoms with van der Waals surface area (Å²) in [6.45, 7) is 8.14. The van der Waals surface area contributed by atoms with Gasteiger partial charge in [0.2, 0.25) is 29.5 Å². The van der Waals surface area contributed by atoms with Crippen LogP contribution in [0.5, 0.6) is 0 Å². The molecule has 2 aromatic carbocycles. The van der Waals surface area contributed by atoms with E-state index in [2.05, 4.69) is 26.6 Å². The molecule has 0 saturated heterocycles. The number of fused-ring (bicyclic) bond motifs is 1. The van der Waals surface area contributed by atoms with E-state index >= 15 is 0 Å². The van der Waals surface area contributed by atoms with Crippen LogP contribution >= 0.6 is 15.9 Å². The van der Waals surface area contributed by atoms with Gasteiger partial charge >= 0.3 is 24.3 Å². The van der Waals surface area contributed by atoms with Gasteiger partial charge in [0.1, 0.15) is 30.2 Å². The molecule has 0 spiro atoms. The Hall–Kier alpha value is -6.22. The molecular weight excluding hydrogens is 1040 g/mol. The summed E-state index contributed by atoms with van der Waals surface area (Å²) in [6.07, 6.45) is -15.0. The minimum absolute atomic E-state index is 0.0820. The highest BCUT2D eigenvalue weighted by Gasteiger charge is 2.43. The van der Waals surface area contributed by atoms with Crippen molar-refractivity contribution in [3.8, 4) is 6.07 Å². The SMILES string of the molecule is CC(C)C[C@H](NC(=O)[C@H](CC(C)C)N(C)C(=O)[C@@H](N)CC(F)(F)F)C(=O)N(C)[C@@H](Cc1cn(Cc2ccc(Br)cc2)c2ccccc12)C(=O)N[C@@H](CC(F)(F)F)C(=O)N(C)[C@@H](C)C(=O)O[C@H](CCC#N)C(=O)O. The molecule has 1 heterocycles. The fourth-order valence-electron chi connectivity index (χ4n) is 7.98. The molecule has 7 atom stereocenters. The first kappa shape index (κ1) is 61.1. The number of hydrogen-bond acceptors (Lipinski definition) is 10. The standard InChI is InChI=1S/C49H63BrF6N8O9/c1-27(2)20-35(59-41(65)38(21-28(3)4)62(7)43(67)34(58)23-48(51,52)53)44(68)63(8)39(22-31-26-64(37-13-10-9-12-33(31)37)25-30-15-17-32(50)18-16-30)42(66)60-36(24-49(54,55)56)45(69)61(6)29(5)47(72)73-40(46(70)71)14-11-19-57/h9-10,12-13,15-18,26-29,34-36,38-40H,11,14,20-25,58H2,1-8H3,(H,59,65)(H,60,66)(H,70,71)/t29-,34-,35-,36-,38-,39-,40+/m0/s1. The number of nitrogens with one attached hydrogen (secondary N) is 2. The molecule has 5 amide bonds. The number of likely N-dealkylation sites (N-methyl/N-ethyl adjacent to an activating group) is 3. The van der Waals surface area contributed by atoms with Crippen LogP contribution in [0.15, 0.2) is 59.2 Å². The average molecular weight is 1100 g/mol. The fourth-order valence-corrected chi connectivity index (χ4v) is 8.24. The van der Waals surface area contributed by atoms with Gasteiger partial charge in [-0.05, 0) is 60.9 Å². The number of alkyl halides is 6. The number of halogens is 7. The second kappa shape index (κ2) is 26.6. The highest BCUT2D eigenvalue weighted by Crippen LogP contribution is 2.28.